The van der Waals surface area contributed by atoms with Gasteiger partial charge in [-0.1, -0.05) is 30.3 Å². The topological polar surface area (TPSA) is 72.0 Å². The summed E-state index contributed by atoms with van der Waals surface area (Å²) in [4.78, 5) is 4.27. The number of guanidine groups is 1. The summed E-state index contributed by atoms with van der Waals surface area (Å²) in [6, 6.07) is 14.1. The minimum atomic E-state index is -0.921. The van der Waals surface area contributed by atoms with Crippen molar-refractivity contribution in [2.75, 3.05) is 26.0 Å². The van der Waals surface area contributed by atoms with Crippen molar-refractivity contribution >= 4 is 40.7 Å². The summed E-state index contributed by atoms with van der Waals surface area (Å²) in [7, 11) is 0.808. The van der Waals surface area contributed by atoms with Crippen molar-refractivity contribution in [3.63, 3.8) is 0 Å². The molecule has 0 fully saturated rings. The van der Waals surface area contributed by atoms with Crippen LogP contribution < -0.4 is 20.1 Å². The second-order valence-corrected chi connectivity index (χ2v) is 8.84. The molecule has 2 aromatic carbocycles. The molecule has 0 bridgehead atoms. The fourth-order valence-corrected chi connectivity index (χ4v) is 4.46. The molecule has 1 aliphatic rings. The molecule has 0 saturated carbocycles. The lowest BCUT2D eigenvalue weighted by Crippen LogP contribution is -2.38. The summed E-state index contributed by atoms with van der Waals surface area (Å²) in [6.07, 6.45) is 1.11. The number of fused-ring (bicyclic) bond motifs is 1. The third-order valence-electron chi connectivity index (χ3n) is 4.84. The van der Waals surface area contributed by atoms with Crippen LogP contribution in [-0.4, -0.2) is 42.2 Å². The number of aliphatic imine (C=N–C) groups is 1. The standard InChI is InChI=1S/C23H31N3O3S.HI/c1-4-28-21-13-19-12-17(2)29-22(19)14-20(21)15-26-23(24-3)25-10-11-30(27)16-18-8-6-5-7-9-18;/h5-9,13-14,17H,4,10-12,15-16H2,1-3H3,(H2,24,25,26);1H. The number of nitrogens with zero attached hydrogens (tertiary/aromatic N) is 1. The molecule has 3 rings (SSSR count). The van der Waals surface area contributed by atoms with Gasteiger partial charge in [-0.2, -0.15) is 0 Å². The Balaban J connectivity index is 0.00000341. The number of hydrogen-bond acceptors (Lipinski definition) is 4. The molecule has 2 N–H and O–H groups in total. The van der Waals surface area contributed by atoms with E-state index in [-0.39, 0.29) is 30.1 Å². The quantitative estimate of drug-likeness (QED) is 0.280. The lowest BCUT2D eigenvalue weighted by molar-refractivity contribution is 0.254. The van der Waals surface area contributed by atoms with Gasteiger partial charge >= 0.3 is 0 Å². The summed E-state index contributed by atoms with van der Waals surface area (Å²) >= 11 is 0. The van der Waals surface area contributed by atoms with E-state index in [1.165, 1.54) is 5.56 Å². The number of hydrogen-bond donors (Lipinski definition) is 2. The van der Waals surface area contributed by atoms with Crippen molar-refractivity contribution in [1.29, 1.82) is 0 Å². The van der Waals surface area contributed by atoms with E-state index in [1.54, 1.807) is 7.05 Å². The fraction of sp³-hybridized carbons (Fsp3) is 0.435. The van der Waals surface area contributed by atoms with Gasteiger partial charge in [0.15, 0.2) is 5.96 Å². The van der Waals surface area contributed by atoms with Crippen LogP contribution >= 0.6 is 24.0 Å². The maximum absolute atomic E-state index is 12.3. The molecular weight excluding hydrogens is 525 g/mol. The van der Waals surface area contributed by atoms with Crippen LogP contribution in [0.2, 0.25) is 0 Å². The van der Waals surface area contributed by atoms with Gasteiger partial charge in [-0.05, 0) is 31.5 Å². The van der Waals surface area contributed by atoms with Crippen molar-refractivity contribution < 1.29 is 13.7 Å². The molecule has 0 amide bonds. The lowest BCUT2D eigenvalue weighted by atomic mass is 10.1. The van der Waals surface area contributed by atoms with Crippen LogP contribution in [0.5, 0.6) is 11.5 Å². The Kier molecular flexibility index (Phi) is 10.6. The van der Waals surface area contributed by atoms with Gasteiger partial charge in [0.2, 0.25) is 0 Å². The molecule has 2 unspecified atom stereocenters. The molecule has 0 saturated heterocycles. The number of benzene rings is 2. The number of nitrogens with one attached hydrogen (secondary N) is 2. The minimum absolute atomic E-state index is 0. The Hall–Kier alpha value is -1.81. The predicted molar refractivity (Wildman–Crippen MR) is 138 cm³/mol. The predicted octanol–water partition coefficient (Wildman–Crippen LogP) is 3.64. The Morgan fingerprint density at radius 1 is 1.26 bits per heavy atom. The molecule has 8 heteroatoms. The number of rotatable bonds is 9. The van der Waals surface area contributed by atoms with Crippen LogP contribution in [-0.2, 0) is 29.5 Å². The molecular formula is C23H32IN3O3S. The monoisotopic (exact) mass is 557 g/mol. The van der Waals surface area contributed by atoms with E-state index in [0.29, 0.717) is 37.2 Å². The molecule has 0 radical (unpaired) electrons. The molecule has 170 valence electrons. The Morgan fingerprint density at radius 2 is 2.03 bits per heavy atom. The zero-order valence-corrected chi connectivity index (χ0v) is 21.5. The summed E-state index contributed by atoms with van der Waals surface area (Å²) in [5.41, 5.74) is 3.31. The second kappa shape index (κ2) is 12.9. The normalized spacial score (nSPS) is 16.0. The van der Waals surface area contributed by atoms with E-state index in [9.17, 15) is 4.21 Å². The molecule has 2 aromatic rings. The highest BCUT2D eigenvalue weighted by molar-refractivity contribution is 14.0. The van der Waals surface area contributed by atoms with E-state index in [4.69, 9.17) is 9.47 Å². The maximum Gasteiger partial charge on any atom is 0.191 e. The zero-order chi connectivity index (χ0) is 21.3. The third-order valence-corrected chi connectivity index (χ3v) is 6.16. The lowest BCUT2D eigenvalue weighted by Gasteiger charge is -2.15. The fourth-order valence-electron chi connectivity index (χ4n) is 3.42. The summed E-state index contributed by atoms with van der Waals surface area (Å²) in [5, 5.41) is 6.56. The molecule has 6 nitrogen and oxygen atoms in total. The summed E-state index contributed by atoms with van der Waals surface area (Å²) < 4.78 is 24.0. The number of ether oxygens (including phenoxy) is 2. The van der Waals surface area contributed by atoms with E-state index < -0.39 is 10.8 Å². The average molecular weight is 557 g/mol. The average Bonchev–Trinajstić information content (AvgIpc) is 3.10. The first kappa shape index (κ1) is 25.5. The van der Waals surface area contributed by atoms with E-state index >= 15 is 0 Å². The maximum atomic E-state index is 12.3. The van der Waals surface area contributed by atoms with Gasteiger partial charge in [-0.25, -0.2) is 0 Å². The molecule has 0 aromatic heterocycles. The van der Waals surface area contributed by atoms with E-state index in [2.05, 4.69) is 34.7 Å². The van der Waals surface area contributed by atoms with E-state index in [1.807, 2.05) is 37.3 Å². The van der Waals surface area contributed by atoms with Gasteiger partial charge in [0.1, 0.15) is 17.6 Å². The molecule has 0 aliphatic carbocycles. The largest absolute Gasteiger partial charge is 0.494 e. The smallest absolute Gasteiger partial charge is 0.191 e. The van der Waals surface area contributed by atoms with Crippen molar-refractivity contribution in [3.05, 3.63) is 59.2 Å². The Morgan fingerprint density at radius 3 is 2.74 bits per heavy atom. The van der Waals surface area contributed by atoms with Gasteiger partial charge in [0.05, 0.1) is 6.61 Å². The Labute approximate surface area is 204 Å². The van der Waals surface area contributed by atoms with Crippen LogP contribution in [0.1, 0.15) is 30.5 Å². The highest BCUT2D eigenvalue weighted by Crippen LogP contribution is 2.35. The highest BCUT2D eigenvalue weighted by atomic mass is 127. The van der Waals surface area contributed by atoms with Gasteiger partial charge in [-0.3, -0.25) is 9.20 Å². The van der Waals surface area contributed by atoms with Crippen molar-refractivity contribution in [2.24, 2.45) is 4.99 Å². The molecule has 31 heavy (non-hydrogen) atoms. The first-order chi connectivity index (χ1) is 14.6. The van der Waals surface area contributed by atoms with Gasteiger partial charge in [0, 0.05) is 60.0 Å². The van der Waals surface area contributed by atoms with Crippen molar-refractivity contribution in [2.45, 2.75) is 38.7 Å². The first-order valence-electron chi connectivity index (χ1n) is 10.4. The van der Waals surface area contributed by atoms with Gasteiger partial charge < -0.3 is 20.1 Å². The molecule has 0 spiro atoms. The van der Waals surface area contributed by atoms with Crippen LogP contribution in [0.25, 0.3) is 0 Å². The zero-order valence-electron chi connectivity index (χ0n) is 18.3. The highest BCUT2D eigenvalue weighted by Gasteiger charge is 2.21. The van der Waals surface area contributed by atoms with Crippen LogP contribution in [0.3, 0.4) is 0 Å². The summed E-state index contributed by atoms with van der Waals surface area (Å²) in [6.45, 7) is 5.82. The van der Waals surface area contributed by atoms with Gasteiger partial charge in [-0.15, -0.1) is 24.0 Å². The molecule has 1 aliphatic heterocycles. The van der Waals surface area contributed by atoms with E-state index in [0.717, 1.165) is 29.0 Å². The number of halogens is 1. The van der Waals surface area contributed by atoms with Crippen LogP contribution in [0.15, 0.2) is 47.5 Å². The third kappa shape index (κ3) is 7.68. The first-order valence-corrected chi connectivity index (χ1v) is 11.9. The molecule has 1 heterocycles. The minimum Gasteiger partial charge on any atom is -0.494 e. The summed E-state index contributed by atoms with van der Waals surface area (Å²) in [5.74, 6) is 3.61. The van der Waals surface area contributed by atoms with Crippen LogP contribution in [0.4, 0.5) is 0 Å². The van der Waals surface area contributed by atoms with Crippen molar-refractivity contribution in [1.82, 2.24) is 10.6 Å². The van der Waals surface area contributed by atoms with Crippen LogP contribution in [0, 0.1) is 0 Å². The molecule has 2 atom stereocenters. The van der Waals surface area contributed by atoms with Crippen molar-refractivity contribution in [3.8, 4) is 11.5 Å². The second-order valence-electron chi connectivity index (χ2n) is 7.26. The SMILES string of the molecule is CCOc1cc2c(cc1CNC(=NC)NCCS(=O)Cc1ccccc1)OC(C)C2.I. The van der Waals surface area contributed by atoms with Gasteiger partial charge in [0.25, 0.3) is 0 Å². The Bertz CT molecular complexity index is 893.